The third-order valence-corrected chi connectivity index (χ3v) is 6.06. The van der Waals surface area contributed by atoms with Gasteiger partial charge in [-0.25, -0.2) is 18.4 Å². The smallest absolute Gasteiger partial charge is 0.282 e. The second-order valence-electron chi connectivity index (χ2n) is 8.29. The van der Waals surface area contributed by atoms with Crippen molar-refractivity contribution in [1.29, 1.82) is 0 Å². The van der Waals surface area contributed by atoms with E-state index in [0.717, 1.165) is 16.3 Å². The van der Waals surface area contributed by atoms with Crippen LogP contribution in [0.4, 0.5) is 14.5 Å². The van der Waals surface area contributed by atoms with Gasteiger partial charge < -0.3 is 15.4 Å². The Morgan fingerprint density at radius 2 is 2.03 bits per heavy atom. The average molecular weight is 569 g/mol. The fraction of sp³-hybridized carbons (Fsp3) is 0.304. The normalized spacial score (nSPS) is 14.7. The lowest BCUT2D eigenvalue weighted by atomic mass is 10.0. The van der Waals surface area contributed by atoms with Gasteiger partial charge in [-0.3, -0.25) is 9.59 Å². The SMILES string of the molecule is CC(C)NC(=O)c1c(NC(=O)c2cc(C(F)F)nn2-c2ncccc2Cl)c(Br)cc2c1OC(C)C2. The molecule has 3 heterocycles. The summed E-state index contributed by atoms with van der Waals surface area (Å²) in [5.74, 6) is -0.870. The summed E-state index contributed by atoms with van der Waals surface area (Å²) in [4.78, 5) is 30.6. The Morgan fingerprint density at radius 1 is 1.29 bits per heavy atom. The number of halogens is 4. The van der Waals surface area contributed by atoms with E-state index in [-0.39, 0.29) is 39.9 Å². The highest BCUT2D eigenvalue weighted by Gasteiger charge is 2.32. The minimum Gasteiger partial charge on any atom is -0.489 e. The monoisotopic (exact) mass is 567 g/mol. The molecule has 1 aliphatic heterocycles. The number of aromatic nitrogens is 3. The fourth-order valence-corrected chi connectivity index (χ4v) is 4.51. The van der Waals surface area contributed by atoms with E-state index in [1.54, 1.807) is 26.0 Å². The van der Waals surface area contributed by atoms with Crippen LogP contribution in [-0.4, -0.2) is 38.7 Å². The first kappa shape index (κ1) is 25.1. The number of alkyl halides is 2. The van der Waals surface area contributed by atoms with Crippen molar-refractivity contribution in [3.8, 4) is 11.6 Å². The topological polar surface area (TPSA) is 98.1 Å². The number of nitrogens with one attached hydrogen (secondary N) is 2. The van der Waals surface area contributed by atoms with Crippen LogP contribution in [0.3, 0.4) is 0 Å². The van der Waals surface area contributed by atoms with E-state index in [2.05, 4.69) is 36.6 Å². The number of nitrogens with zero attached hydrogens (tertiary/aromatic N) is 3. The van der Waals surface area contributed by atoms with Crippen LogP contribution < -0.4 is 15.4 Å². The van der Waals surface area contributed by atoms with Gasteiger partial charge in [0.25, 0.3) is 18.2 Å². The Bertz CT molecular complexity index is 1310. The molecule has 3 aromatic rings. The molecule has 35 heavy (non-hydrogen) atoms. The highest BCUT2D eigenvalue weighted by atomic mass is 79.9. The lowest BCUT2D eigenvalue weighted by Crippen LogP contribution is -2.31. The second kappa shape index (κ2) is 9.90. The number of anilines is 1. The van der Waals surface area contributed by atoms with E-state index in [9.17, 15) is 18.4 Å². The van der Waals surface area contributed by atoms with Gasteiger partial charge in [0.1, 0.15) is 28.8 Å². The first-order valence-corrected chi connectivity index (χ1v) is 11.9. The van der Waals surface area contributed by atoms with Crippen molar-refractivity contribution in [2.24, 2.45) is 0 Å². The van der Waals surface area contributed by atoms with Gasteiger partial charge in [-0.05, 0) is 66.5 Å². The summed E-state index contributed by atoms with van der Waals surface area (Å²) in [5, 5.41) is 9.43. The Kier molecular flexibility index (Phi) is 7.09. The number of hydrogen-bond donors (Lipinski definition) is 2. The number of fused-ring (bicyclic) bond motifs is 1. The molecule has 0 radical (unpaired) electrons. The van der Waals surface area contributed by atoms with Crippen LogP contribution in [-0.2, 0) is 6.42 Å². The van der Waals surface area contributed by atoms with Gasteiger partial charge >= 0.3 is 0 Å². The molecule has 2 aromatic heterocycles. The zero-order chi connectivity index (χ0) is 25.4. The second-order valence-corrected chi connectivity index (χ2v) is 9.55. The van der Waals surface area contributed by atoms with Crippen LogP contribution in [0.2, 0.25) is 5.02 Å². The standard InChI is InChI=1S/C23H21BrClF2N5O3/c1-10(2)29-23(34)17-18(13(24)8-12-7-11(3)35-19(12)17)30-22(33)16-9-15(20(26)27)31-32(16)21-14(25)5-4-6-28-21/h4-6,8-11,20H,7H2,1-3H3,(H,29,34)(H,30,33). The molecule has 12 heteroatoms. The van der Waals surface area contributed by atoms with Gasteiger partial charge in [-0.15, -0.1) is 0 Å². The molecule has 0 spiro atoms. The van der Waals surface area contributed by atoms with Crippen molar-refractivity contribution in [2.75, 3.05) is 5.32 Å². The molecule has 2 N–H and O–H groups in total. The molecule has 1 unspecified atom stereocenters. The minimum atomic E-state index is -2.93. The third-order valence-electron chi connectivity index (χ3n) is 5.14. The van der Waals surface area contributed by atoms with E-state index in [0.29, 0.717) is 16.6 Å². The molecule has 184 valence electrons. The van der Waals surface area contributed by atoms with Crippen molar-refractivity contribution in [3.05, 3.63) is 62.5 Å². The molecule has 0 saturated heterocycles. The quantitative estimate of drug-likeness (QED) is 0.419. The summed E-state index contributed by atoms with van der Waals surface area (Å²) in [6.45, 7) is 5.48. The van der Waals surface area contributed by atoms with Crippen molar-refractivity contribution < 1.29 is 23.1 Å². The van der Waals surface area contributed by atoms with Crippen molar-refractivity contribution in [3.63, 3.8) is 0 Å². The number of hydrogen-bond acceptors (Lipinski definition) is 5. The lowest BCUT2D eigenvalue weighted by Gasteiger charge is -2.18. The molecule has 2 amide bonds. The molecule has 1 atom stereocenters. The van der Waals surface area contributed by atoms with Gasteiger partial charge in [0, 0.05) is 23.1 Å². The highest BCUT2D eigenvalue weighted by molar-refractivity contribution is 9.10. The number of carbonyl (C=O) groups excluding carboxylic acids is 2. The molecule has 1 aromatic carbocycles. The van der Waals surface area contributed by atoms with Crippen molar-refractivity contribution >= 4 is 45.0 Å². The number of amides is 2. The first-order chi connectivity index (χ1) is 16.6. The zero-order valence-electron chi connectivity index (χ0n) is 18.9. The summed E-state index contributed by atoms with van der Waals surface area (Å²) in [5.41, 5.74) is 0.218. The third kappa shape index (κ3) is 5.01. The van der Waals surface area contributed by atoms with E-state index < -0.39 is 23.9 Å². The summed E-state index contributed by atoms with van der Waals surface area (Å²) in [7, 11) is 0. The number of benzene rings is 1. The predicted octanol–water partition coefficient (Wildman–Crippen LogP) is 5.33. The zero-order valence-corrected chi connectivity index (χ0v) is 21.2. The maximum atomic E-state index is 13.5. The number of ether oxygens (including phenoxy) is 1. The van der Waals surface area contributed by atoms with Crippen LogP contribution in [0.25, 0.3) is 5.82 Å². The summed E-state index contributed by atoms with van der Waals surface area (Å²) in [6, 6.07) is 5.60. The molecule has 0 aliphatic carbocycles. The minimum absolute atomic E-state index is 0.00849. The molecule has 0 saturated carbocycles. The molecule has 4 rings (SSSR count). The Hall–Kier alpha value is -3.05. The summed E-state index contributed by atoms with van der Waals surface area (Å²) < 4.78 is 34.2. The molecular weight excluding hydrogens is 548 g/mol. The van der Waals surface area contributed by atoms with Crippen LogP contribution in [0, 0.1) is 0 Å². The number of rotatable bonds is 6. The van der Waals surface area contributed by atoms with Crippen LogP contribution >= 0.6 is 27.5 Å². The summed E-state index contributed by atoms with van der Waals surface area (Å²) >= 11 is 9.62. The van der Waals surface area contributed by atoms with Crippen LogP contribution in [0.15, 0.2) is 34.9 Å². The van der Waals surface area contributed by atoms with Gasteiger partial charge in [-0.2, -0.15) is 5.10 Å². The Morgan fingerprint density at radius 3 is 2.69 bits per heavy atom. The van der Waals surface area contributed by atoms with E-state index in [1.165, 1.54) is 12.3 Å². The lowest BCUT2D eigenvalue weighted by molar-refractivity contribution is 0.0939. The molecular formula is C23H21BrClF2N5O3. The summed E-state index contributed by atoms with van der Waals surface area (Å²) in [6.07, 6.45) is -1.10. The first-order valence-electron chi connectivity index (χ1n) is 10.7. The number of pyridine rings is 1. The van der Waals surface area contributed by atoms with Gasteiger partial charge in [0.15, 0.2) is 5.82 Å². The molecule has 0 bridgehead atoms. The van der Waals surface area contributed by atoms with Gasteiger partial charge in [0.05, 0.1) is 10.7 Å². The molecule has 0 fully saturated rings. The predicted molar refractivity (Wildman–Crippen MR) is 130 cm³/mol. The Labute approximate surface area is 213 Å². The van der Waals surface area contributed by atoms with Gasteiger partial charge in [0.2, 0.25) is 0 Å². The fourth-order valence-electron chi connectivity index (χ4n) is 3.74. The largest absolute Gasteiger partial charge is 0.489 e. The molecule has 1 aliphatic rings. The average Bonchev–Trinajstić information content (AvgIpc) is 3.37. The van der Waals surface area contributed by atoms with Gasteiger partial charge in [-0.1, -0.05) is 11.6 Å². The maximum Gasteiger partial charge on any atom is 0.282 e. The number of carbonyl (C=O) groups is 2. The van der Waals surface area contributed by atoms with Crippen molar-refractivity contribution in [2.45, 2.75) is 45.8 Å². The van der Waals surface area contributed by atoms with E-state index >= 15 is 0 Å². The van der Waals surface area contributed by atoms with E-state index in [4.69, 9.17) is 16.3 Å². The van der Waals surface area contributed by atoms with Crippen molar-refractivity contribution in [1.82, 2.24) is 20.1 Å². The van der Waals surface area contributed by atoms with Crippen LogP contribution in [0.1, 0.15) is 59.3 Å². The van der Waals surface area contributed by atoms with Crippen LogP contribution in [0.5, 0.6) is 5.75 Å². The maximum absolute atomic E-state index is 13.5. The van der Waals surface area contributed by atoms with E-state index in [1.807, 2.05) is 6.92 Å². The highest BCUT2D eigenvalue weighted by Crippen LogP contribution is 2.42. The molecule has 8 nitrogen and oxygen atoms in total. The Balaban J connectivity index is 1.81.